The summed E-state index contributed by atoms with van der Waals surface area (Å²) in [7, 11) is 0. The molecule has 18 heavy (non-hydrogen) atoms. The summed E-state index contributed by atoms with van der Waals surface area (Å²) >= 11 is 3.35. The Morgan fingerprint density at radius 2 is 2.06 bits per heavy atom. The molecule has 2 aromatic rings. The largest absolute Gasteiger partial charge is 0.503 e. The monoisotopic (exact) mass is 309 g/mol. The van der Waals surface area contributed by atoms with E-state index in [-0.39, 0.29) is 5.75 Å². The van der Waals surface area contributed by atoms with Gasteiger partial charge in [-0.3, -0.25) is 4.79 Å². The van der Waals surface area contributed by atoms with Crippen molar-refractivity contribution < 1.29 is 10.2 Å². The number of aromatic nitrogens is 1. The first kappa shape index (κ1) is 12.9. The van der Waals surface area contributed by atoms with Crippen LogP contribution in [0.15, 0.2) is 45.8 Å². The Labute approximate surface area is 112 Å². The average molecular weight is 310 g/mol. The zero-order chi connectivity index (χ0) is 13.3. The van der Waals surface area contributed by atoms with Crippen molar-refractivity contribution in [3.63, 3.8) is 0 Å². The summed E-state index contributed by atoms with van der Waals surface area (Å²) in [6.07, 6.45) is 0.504. The molecule has 0 bridgehead atoms. The average Bonchev–Trinajstić information content (AvgIpc) is 2.31. The first-order chi connectivity index (χ1) is 8.49. The van der Waals surface area contributed by atoms with E-state index in [2.05, 4.69) is 15.9 Å². The number of nitrogens with zero attached hydrogens (tertiary/aromatic N) is 1. The van der Waals surface area contributed by atoms with Gasteiger partial charge >= 0.3 is 0 Å². The lowest BCUT2D eigenvalue weighted by molar-refractivity contribution is 0.191. The summed E-state index contributed by atoms with van der Waals surface area (Å²) in [5.74, 6) is -0.348. The molecular weight excluding hydrogens is 298 g/mol. The number of benzene rings is 1. The molecule has 2 rings (SSSR count). The van der Waals surface area contributed by atoms with E-state index >= 15 is 0 Å². The van der Waals surface area contributed by atoms with Crippen molar-refractivity contribution in [1.29, 1.82) is 0 Å². The molecule has 1 aromatic carbocycles. The maximum absolute atomic E-state index is 11.4. The van der Waals surface area contributed by atoms with Gasteiger partial charge in [-0.25, -0.2) is 0 Å². The van der Waals surface area contributed by atoms with Crippen molar-refractivity contribution in [3.05, 3.63) is 56.9 Å². The molecule has 0 radical (unpaired) electrons. The Hall–Kier alpha value is -1.59. The van der Waals surface area contributed by atoms with Gasteiger partial charge < -0.3 is 14.8 Å². The highest BCUT2D eigenvalue weighted by Crippen LogP contribution is 2.21. The van der Waals surface area contributed by atoms with Crippen LogP contribution in [-0.4, -0.2) is 14.8 Å². The molecule has 0 aliphatic heterocycles. The number of pyridine rings is 1. The van der Waals surface area contributed by atoms with Gasteiger partial charge in [-0.1, -0.05) is 22.0 Å². The number of aliphatic hydroxyl groups excluding tert-OH is 1. The number of hydrogen-bond donors (Lipinski definition) is 2. The van der Waals surface area contributed by atoms with Crippen LogP contribution in [-0.2, 0) is 0 Å². The van der Waals surface area contributed by atoms with Crippen LogP contribution in [0.5, 0.6) is 5.75 Å². The third-order valence-corrected chi connectivity index (χ3v) is 3.07. The minimum absolute atomic E-state index is 0.348. The molecule has 0 amide bonds. The number of rotatable bonds is 2. The molecule has 4 nitrogen and oxygen atoms in total. The van der Waals surface area contributed by atoms with E-state index in [1.54, 1.807) is 11.5 Å². The van der Waals surface area contributed by atoms with Crippen LogP contribution in [0, 0.1) is 0 Å². The Bertz CT molecular complexity index is 634. The van der Waals surface area contributed by atoms with Crippen LogP contribution in [0.4, 0.5) is 0 Å². The van der Waals surface area contributed by atoms with Gasteiger partial charge in [0, 0.05) is 16.2 Å². The van der Waals surface area contributed by atoms with E-state index < -0.39 is 11.5 Å². The quantitative estimate of drug-likeness (QED) is 0.895. The SMILES string of the molecule is C[C@@H](O)c1cc(=O)c(O)cn1-c1cccc(Br)c1. The lowest BCUT2D eigenvalue weighted by Gasteiger charge is -2.16. The topological polar surface area (TPSA) is 62.5 Å². The molecule has 94 valence electrons. The number of aliphatic hydroxyl groups is 1. The zero-order valence-electron chi connectivity index (χ0n) is 9.67. The molecule has 5 heteroatoms. The highest BCUT2D eigenvalue weighted by molar-refractivity contribution is 9.10. The molecule has 0 aliphatic carbocycles. The first-order valence-corrected chi connectivity index (χ1v) is 6.18. The molecule has 0 aliphatic rings. The van der Waals surface area contributed by atoms with E-state index in [4.69, 9.17) is 0 Å². The molecule has 1 atom stereocenters. The predicted octanol–water partition coefficient (Wildman–Crippen LogP) is 2.36. The van der Waals surface area contributed by atoms with Crippen LogP contribution in [0.1, 0.15) is 18.7 Å². The second-order valence-electron chi connectivity index (χ2n) is 3.97. The van der Waals surface area contributed by atoms with Crippen molar-refractivity contribution in [2.24, 2.45) is 0 Å². The molecule has 0 fully saturated rings. The standard InChI is InChI=1S/C13H12BrNO3/c1-8(16)11-6-12(17)13(18)7-15(11)10-4-2-3-9(14)5-10/h2-8,16,18H,1H3/t8-/m1/s1. The molecular formula is C13H12BrNO3. The summed E-state index contributed by atoms with van der Waals surface area (Å²) in [6, 6.07) is 8.59. The smallest absolute Gasteiger partial charge is 0.223 e. The second kappa shape index (κ2) is 4.96. The molecule has 0 spiro atoms. The molecule has 0 unspecified atom stereocenters. The van der Waals surface area contributed by atoms with Crippen LogP contribution < -0.4 is 5.43 Å². The van der Waals surface area contributed by atoms with Crippen molar-refractivity contribution in [3.8, 4) is 11.4 Å². The highest BCUT2D eigenvalue weighted by Gasteiger charge is 2.11. The fourth-order valence-electron chi connectivity index (χ4n) is 1.71. The van der Waals surface area contributed by atoms with E-state index in [9.17, 15) is 15.0 Å². The van der Waals surface area contributed by atoms with Crippen LogP contribution in [0.2, 0.25) is 0 Å². The Morgan fingerprint density at radius 1 is 1.33 bits per heavy atom. The van der Waals surface area contributed by atoms with Crippen LogP contribution in [0.3, 0.4) is 0 Å². The summed E-state index contributed by atoms with van der Waals surface area (Å²) < 4.78 is 2.46. The molecule has 1 aromatic heterocycles. The lowest BCUT2D eigenvalue weighted by Crippen LogP contribution is -2.13. The fraction of sp³-hybridized carbons (Fsp3) is 0.154. The van der Waals surface area contributed by atoms with Gasteiger partial charge in [0.25, 0.3) is 0 Å². The van der Waals surface area contributed by atoms with E-state index in [1.807, 2.05) is 24.3 Å². The maximum Gasteiger partial charge on any atom is 0.223 e. The van der Waals surface area contributed by atoms with Gasteiger partial charge in [0.05, 0.1) is 18.0 Å². The summed E-state index contributed by atoms with van der Waals surface area (Å²) in [5.41, 5.74) is 0.670. The third-order valence-electron chi connectivity index (χ3n) is 2.58. The Balaban J connectivity index is 2.69. The number of hydrogen-bond acceptors (Lipinski definition) is 3. The van der Waals surface area contributed by atoms with Crippen molar-refractivity contribution in [1.82, 2.24) is 4.57 Å². The summed E-state index contributed by atoms with van der Waals surface area (Å²) in [5, 5.41) is 19.2. The molecule has 1 heterocycles. The predicted molar refractivity (Wildman–Crippen MR) is 72.0 cm³/mol. The Morgan fingerprint density at radius 3 is 2.67 bits per heavy atom. The van der Waals surface area contributed by atoms with Crippen molar-refractivity contribution in [2.75, 3.05) is 0 Å². The van der Waals surface area contributed by atoms with Gasteiger partial charge in [-0.15, -0.1) is 0 Å². The Kier molecular flexibility index (Phi) is 3.54. The highest BCUT2D eigenvalue weighted by atomic mass is 79.9. The lowest BCUT2D eigenvalue weighted by atomic mass is 10.2. The van der Waals surface area contributed by atoms with E-state index in [0.29, 0.717) is 5.69 Å². The van der Waals surface area contributed by atoms with Crippen LogP contribution >= 0.6 is 15.9 Å². The minimum Gasteiger partial charge on any atom is -0.503 e. The van der Waals surface area contributed by atoms with Gasteiger partial charge in [0.1, 0.15) is 0 Å². The first-order valence-electron chi connectivity index (χ1n) is 5.38. The summed E-state index contributed by atoms with van der Waals surface area (Å²) in [4.78, 5) is 11.4. The van der Waals surface area contributed by atoms with Crippen molar-refractivity contribution in [2.45, 2.75) is 13.0 Å². The maximum atomic E-state index is 11.4. The second-order valence-corrected chi connectivity index (χ2v) is 4.89. The number of aromatic hydroxyl groups is 1. The van der Waals surface area contributed by atoms with E-state index in [0.717, 1.165) is 10.2 Å². The van der Waals surface area contributed by atoms with Gasteiger partial charge in [0.15, 0.2) is 5.75 Å². The zero-order valence-corrected chi connectivity index (χ0v) is 11.3. The van der Waals surface area contributed by atoms with Crippen molar-refractivity contribution >= 4 is 15.9 Å². The molecule has 0 saturated heterocycles. The summed E-state index contributed by atoms with van der Waals surface area (Å²) in [6.45, 7) is 1.57. The number of halogens is 1. The van der Waals surface area contributed by atoms with Gasteiger partial charge in [-0.05, 0) is 25.1 Å². The molecule has 2 N–H and O–H groups in total. The normalized spacial score (nSPS) is 12.4. The fourth-order valence-corrected chi connectivity index (χ4v) is 2.10. The van der Waals surface area contributed by atoms with E-state index in [1.165, 1.54) is 12.3 Å². The van der Waals surface area contributed by atoms with Gasteiger partial charge in [-0.2, -0.15) is 0 Å². The van der Waals surface area contributed by atoms with Gasteiger partial charge in [0.2, 0.25) is 5.43 Å². The minimum atomic E-state index is -0.808. The molecule has 0 saturated carbocycles. The third kappa shape index (κ3) is 2.47. The van der Waals surface area contributed by atoms with Crippen LogP contribution in [0.25, 0.3) is 5.69 Å².